The third-order valence-corrected chi connectivity index (χ3v) is 2.78. The van der Waals surface area contributed by atoms with Crippen molar-refractivity contribution in [2.45, 2.75) is 19.8 Å². The van der Waals surface area contributed by atoms with Gasteiger partial charge >= 0.3 is 5.97 Å². The molecule has 1 aromatic carbocycles. The number of carboxylic acid groups (broad SMARTS) is 1. The van der Waals surface area contributed by atoms with Crippen LogP contribution in [0.4, 0.5) is 0 Å². The van der Waals surface area contributed by atoms with E-state index in [9.17, 15) is 9.59 Å². The molecule has 0 aliphatic heterocycles. The van der Waals surface area contributed by atoms with E-state index >= 15 is 0 Å². The third-order valence-electron chi connectivity index (χ3n) is 2.78. The summed E-state index contributed by atoms with van der Waals surface area (Å²) in [6.07, 6.45) is 3.51. The van der Waals surface area contributed by atoms with E-state index in [1.807, 2.05) is 13.0 Å². The van der Waals surface area contributed by atoms with E-state index in [1.165, 1.54) is 6.08 Å². The number of benzene rings is 1. The normalized spacial score (nSPS) is 10.5. The van der Waals surface area contributed by atoms with Crippen molar-refractivity contribution >= 4 is 18.0 Å². The van der Waals surface area contributed by atoms with Crippen molar-refractivity contribution in [1.29, 1.82) is 0 Å². The molecular formula is C16H21NO5. The van der Waals surface area contributed by atoms with Crippen LogP contribution in [-0.4, -0.2) is 37.2 Å². The molecule has 0 saturated heterocycles. The molecule has 0 aromatic heterocycles. The lowest BCUT2D eigenvalue weighted by Crippen LogP contribution is -2.22. The zero-order valence-corrected chi connectivity index (χ0v) is 12.8. The van der Waals surface area contributed by atoms with E-state index in [-0.39, 0.29) is 12.3 Å². The molecule has 1 aromatic rings. The van der Waals surface area contributed by atoms with Crippen molar-refractivity contribution in [3.8, 4) is 11.5 Å². The molecule has 0 radical (unpaired) electrons. The number of hydrogen-bond acceptors (Lipinski definition) is 4. The first-order valence-electron chi connectivity index (χ1n) is 7.05. The number of aliphatic carboxylic acids is 1. The quantitative estimate of drug-likeness (QED) is 0.539. The summed E-state index contributed by atoms with van der Waals surface area (Å²) in [7, 11) is 1.56. The van der Waals surface area contributed by atoms with Gasteiger partial charge in [-0.05, 0) is 37.1 Å². The Balaban J connectivity index is 2.54. The highest BCUT2D eigenvalue weighted by Crippen LogP contribution is 2.28. The third kappa shape index (κ3) is 6.30. The molecule has 2 N–H and O–H groups in total. The van der Waals surface area contributed by atoms with Gasteiger partial charge in [0.15, 0.2) is 11.5 Å². The second-order valence-electron chi connectivity index (χ2n) is 4.46. The fourth-order valence-electron chi connectivity index (χ4n) is 1.74. The fraction of sp³-hybridized carbons (Fsp3) is 0.375. The summed E-state index contributed by atoms with van der Waals surface area (Å²) in [4.78, 5) is 21.9. The van der Waals surface area contributed by atoms with Gasteiger partial charge in [0.2, 0.25) is 5.91 Å². The van der Waals surface area contributed by atoms with Crippen molar-refractivity contribution in [3.05, 3.63) is 29.8 Å². The zero-order valence-electron chi connectivity index (χ0n) is 12.8. The van der Waals surface area contributed by atoms with Gasteiger partial charge < -0.3 is 19.9 Å². The average molecular weight is 307 g/mol. The molecule has 0 aliphatic rings. The van der Waals surface area contributed by atoms with E-state index in [0.29, 0.717) is 31.1 Å². The minimum atomic E-state index is -0.869. The summed E-state index contributed by atoms with van der Waals surface area (Å²) in [5.74, 6) is 0.121. The second-order valence-corrected chi connectivity index (χ2v) is 4.46. The zero-order chi connectivity index (χ0) is 16.4. The molecule has 0 spiro atoms. The van der Waals surface area contributed by atoms with Crippen molar-refractivity contribution in [2.75, 3.05) is 20.3 Å². The van der Waals surface area contributed by atoms with Gasteiger partial charge in [-0.3, -0.25) is 9.59 Å². The minimum absolute atomic E-state index is 0.0417. The maximum atomic E-state index is 11.6. The number of carbonyl (C=O) groups is 2. The first kappa shape index (κ1) is 17.6. The van der Waals surface area contributed by atoms with E-state index < -0.39 is 5.97 Å². The summed E-state index contributed by atoms with van der Waals surface area (Å²) in [6.45, 7) is 2.77. The average Bonchev–Trinajstić information content (AvgIpc) is 2.50. The fourth-order valence-corrected chi connectivity index (χ4v) is 1.74. The lowest BCUT2D eigenvalue weighted by atomic mass is 10.2. The molecule has 0 fully saturated rings. The highest BCUT2D eigenvalue weighted by Gasteiger charge is 2.04. The van der Waals surface area contributed by atoms with Gasteiger partial charge in [0.25, 0.3) is 0 Å². The van der Waals surface area contributed by atoms with E-state index in [1.54, 1.807) is 25.3 Å². The number of carbonyl (C=O) groups excluding carboxylic acids is 1. The number of nitrogens with one attached hydrogen (secondary N) is 1. The Morgan fingerprint density at radius 2 is 2.09 bits per heavy atom. The molecule has 0 saturated carbocycles. The molecule has 1 rings (SSSR count). The number of ether oxygens (including phenoxy) is 2. The molecule has 0 unspecified atom stereocenters. The van der Waals surface area contributed by atoms with Crippen molar-refractivity contribution < 1.29 is 24.2 Å². The van der Waals surface area contributed by atoms with Crippen LogP contribution < -0.4 is 14.8 Å². The summed E-state index contributed by atoms with van der Waals surface area (Å²) >= 11 is 0. The molecule has 0 heterocycles. The summed E-state index contributed by atoms with van der Waals surface area (Å²) in [5, 5.41) is 11.1. The maximum absolute atomic E-state index is 11.6. The second kappa shape index (κ2) is 9.44. The van der Waals surface area contributed by atoms with Crippen LogP contribution in [0.25, 0.3) is 6.08 Å². The van der Waals surface area contributed by atoms with Gasteiger partial charge in [-0.2, -0.15) is 0 Å². The van der Waals surface area contributed by atoms with E-state index in [4.69, 9.17) is 14.6 Å². The highest BCUT2D eigenvalue weighted by molar-refractivity contribution is 5.91. The lowest BCUT2D eigenvalue weighted by Gasteiger charge is -2.09. The molecule has 120 valence electrons. The Morgan fingerprint density at radius 3 is 2.73 bits per heavy atom. The van der Waals surface area contributed by atoms with Crippen LogP contribution >= 0.6 is 0 Å². The van der Waals surface area contributed by atoms with Crippen molar-refractivity contribution in [2.24, 2.45) is 0 Å². The summed E-state index contributed by atoms with van der Waals surface area (Å²) < 4.78 is 10.6. The minimum Gasteiger partial charge on any atom is -0.493 e. The Hall–Kier alpha value is -2.50. The molecular weight excluding hydrogens is 286 g/mol. The van der Waals surface area contributed by atoms with E-state index in [0.717, 1.165) is 5.56 Å². The maximum Gasteiger partial charge on any atom is 0.303 e. The Kier molecular flexibility index (Phi) is 7.53. The summed E-state index contributed by atoms with van der Waals surface area (Å²) in [6, 6.07) is 5.38. The molecule has 1 amide bonds. The van der Waals surface area contributed by atoms with Crippen LogP contribution in [0.3, 0.4) is 0 Å². The molecule has 6 heteroatoms. The van der Waals surface area contributed by atoms with Gasteiger partial charge in [0.05, 0.1) is 13.7 Å². The molecule has 0 atom stereocenters. The van der Waals surface area contributed by atoms with Gasteiger partial charge in [0.1, 0.15) is 0 Å². The molecule has 0 aliphatic carbocycles. The monoisotopic (exact) mass is 307 g/mol. The number of methoxy groups -OCH3 is 1. The number of amides is 1. The van der Waals surface area contributed by atoms with E-state index in [2.05, 4.69) is 5.32 Å². The number of hydrogen-bond donors (Lipinski definition) is 2. The molecule has 22 heavy (non-hydrogen) atoms. The Bertz CT molecular complexity index is 539. The predicted octanol–water partition coefficient (Wildman–Crippen LogP) is 2.09. The van der Waals surface area contributed by atoms with Gasteiger partial charge in [-0.25, -0.2) is 0 Å². The van der Waals surface area contributed by atoms with Gasteiger partial charge in [-0.15, -0.1) is 0 Å². The molecule has 6 nitrogen and oxygen atoms in total. The van der Waals surface area contributed by atoms with Crippen LogP contribution in [0.15, 0.2) is 24.3 Å². The topological polar surface area (TPSA) is 84.9 Å². The van der Waals surface area contributed by atoms with Crippen LogP contribution in [0.1, 0.15) is 25.3 Å². The van der Waals surface area contributed by atoms with Crippen molar-refractivity contribution in [3.63, 3.8) is 0 Å². The number of rotatable bonds is 9. The van der Waals surface area contributed by atoms with Crippen LogP contribution in [0.5, 0.6) is 11.5 Å². The smallest absolute Gasteiger partial charge is 0.303 e. The summed E-state index contributed by atoms with van der Waals surface area (Å²) in [5.41, 5.74) is 0.806. The number of carboxylic acids is 1. The van der Waals surface area contributed by atoms with Gasteiger partial charge in [-0.1, -0.05) is 6.07 Å². The first-order valence-corrected chi connectivity index (χ1v) is 7.05. The molecule has 0 bridgehead atoms. The Labute approximate surface area is 129 Å². The first-order chi connectivity index (χ1) is 10.6. The Morgan fingerprint density at radius 1 is 1.32 bits per heavy atom. The lowest BCUT2D eigenvalue weighted by molar-refractivity contribution is -0.137. The highest BCUT2D eigenvalue weighted by atomic mass is 16.5. The van der Waals surface area contributed by atoms with Gasteiger partial charge in [0, 0.05) is 19.0 Å². The van der Waals surface area contributed by atoms with Crippen LogP contribution in [0, 0.1) is 0 Å². The standard InChI is InChI=1S/C16H21NO5/c1-3-22-13-8-6-12(11-14(13)21-2)7-9-15(18)17-10-4-5-16(19)20/h6-9,11H,3-5,10H2,1-2H3,(H,17,18)(H,19,20). The predicted molar refractivity (Wildman–Crippen MR) is 83.1 cm³/mol. The van der Waals surface area contributed by atoms with Crippen LogP contribution in [-0.2, 0) is 9.59 Å². The SMILES string of the molecule is CCOc1ccc(C=CC(=O)NCCCC(=O)O)cc1OC. The largest absolute Gasteiger partial charge is 0.493 e. The van der Waals surface area contributed by atoms with Crippen LogP contribution in [0.2, 0.25) is 0 Å². The van der Waals surface area contributed by atoms with Crippen molar-refractivity contribution in [1.82, 2.24) is 5.32 Å².